The second-order valence-corrected chi connectivity index (χ2v) is 4.03. The van der Waals surface area contributed by atoms with E-state index in [0.29, 0.717) is 0 Å². The molecule has 0 aliphatic rings. The molecular formula is C13H17F2NO2. The van der Waals surface area contributed by atoms with E-state index in [4.69, 9.17) is 5.11 Å². The average Bonchev–Trinajstić information content (AvgIpc) is 2.37. The van der Waals surface area contributed by atoms with Gasteiger partial charge in [0.15, 0.2) is 0 Å². The molecule has 0 radical (unpaired) electrons. The van der Waals surface area contributed by atoms with Crippen molar-refractivity contribution in [1.82, 2.24) is 4.90 Å². The standard InChI is InChI=1S/C13H17F2NO2/c1-10(11-5-3-2-4-6-11)13(18)16(7-8-17)9-12(14)15/h2-6,10,12,17H,7-9H2,1H3. The van der Waals surface area contributed by atoms with Crippen molar-refractivity contribution >= 4 is 5.91 Å². The molecule has 0 aliphatic heterocycles. The van der Waals surface area contributed by atoms with Crippen LogP contribution in [0.15, 0.2) is 30.3 Å². The molecule has 1 atom stereocenters. The van der Waals surface area contributed by atoms with E-state index >= 15 is 0 Å². The maximum absolute atomic E-state index is 12.4. The van der Waals surface area contributed by atoms with Crippen LogP contribution in [0.2, 0.25) is 0 Å². The van der Waals surface area contributed by atoms with Gasteiger partial charge in [-0.05, 0) is 12.5 Å². The van der Waals surface area contributed by atoms with Crippen molar-refractivity contribution in [3.8, 4) is 0 Å². The molecule has 1 unspecified atom stereocenters. The minimum atomic E-state index is -2.59. The largest absolute Gasteiger partial charge is 0.395 e. The van der Waals surface area contributed by atoms with E-state index in [1.54, 1.807) is 31.2 Å². The molecule has 0 spiro atoms. The van der Waals surface area contributed by atoms with Gasteiger partial charge in [0.25, 0.3) is 6.43 Å². The molecule has 3 nitrogen and oxygen atoms in total. The van der Waals surface area contributed by atoms with Crippen LogP contribution in [0, 0.1) is 0 Å². The number of aliphatic hydroxyl groups excluding tert-OH is 1. The van der Waals surface area contributed by atoms with Crippen molar-refractivity contribution in [3.63, 3.8) is 0 Å². The van der Waals surface area contributed by atoms with E-state index < -0.39 is 24.8 Å². The molecule has 0 fully saturated rings. The lowest BCUT2D eigenvalue weighted by Gasteiger charge is -2.25. The monoisotopic (exact) mass is 257 g/mol. The SMILES string of the molecule is CC(C(=O)N(CCO)CC(F)F)c1ccccc1. The van der Waals surface area contributed by atoms with Crippen molar-refractivity contribution in [3.05, 3.63) is 35.9 Å². The Morgan fingerprint density at radius 3 is 2.44 bits per heavy atom. The highest BCUT2D eigenvalue weighted by molar-refractivity contribution is 5.83. The molecule has 1 N–H and O–H groups in total. The molecule has 0 aliphatic carbocycles. The molecule has 100 valence electrons. The van der Waals surface area contributed by atoms with Gasteiger partial charge in [-0.2, -0.15) is 0 Å². The van der Waals surface area contributed by atoms with Gasteiger partial charge >= 0.3 is 0 Å². The maximum atomic E-state index is 12.4. The van der Waals surface area contributed by atoms with Crippen LogP contribution in [0.1, 0.15) is 18.4 Å². The molecule has 0 saturated heterocycles. The van der Waals surface area contributed by atoms with Gasteiger partial charge in [0, 0.05) is 6.54 Å². The van der Waals surface area contributed by atoms with Gasteiger partial charge in [-0.15, -0.1) is 0 Å². The second kappa shape index (κ2) is 7.06. The Bertz CT molecular complexity index is 371. The van der Waals surface area contributed by atoms with Crippen molar-refractivity contribution < 1.29 is 18.7 Å². The van der Waals surface area contributed by atoms with Gasteiger partial charge in [0.2, 0.25) is 5.91 Å². The summed E-state index contributed by atoms with van der Waals surface area (Å²) in [6.45, 7) is 0.643. The van der Waals surface area contributed by atoms with E-state index in [-0.39, 0.29) is 13.2 Å². The Kier molecular flexibility index (Phi) is 5.71. The summed E-state index contributed by atoms with van der Waals surface area (Å²) in [5, 5.41) is 8.81. The lowest BCUT2D eigenvalue weighted by Crippen LogP contribution is -2.39. The summed E-state index contributed by atoms with van der Waals surface area (Å²) in [7, 11) is 0. The highest BCUT2D eigenvalue weighted by Crippen LogP contribution is 2.18. The summed E-state index contributed by atoms with van der Waals surface area (Å²) in [5.41, 5.74) is 0.778. The van der Waals surface area contributed by atoms with Crippen LogP contribution < -0.4 is 0 Å². The van der Waals surface area contributed by atoms with Gasteiger partial charge in [-0.1, -0.05) is 30.3 Å². The number of carbonyl (C=O) groups excluding carboxylic acids is 1. The van der Waals surface area contributed by atoms with Crippen LogP contribution >= 0.6 is 0 Å². The molecule has 0 saturated carbocycles. The summed E-state index contributed by atoms with van der Waals surface area (Å²) < 4.78 is 24.7. The summed E-state index contributed by atoms with van der Waals surface area (Å²) >= 11 is 0. The minimum absolute atomic E-state index is 0.0691. The van der Waals surface area contributed by atoms with Gasteiger partial charge in [0.05, 0.1) is 19.1 Å². The first-order chi connectivity index (χ1) is 8.56. The smallest absolute Gasteiger partial charge is 0.255 e. The Balaban J connectivity index is 2.76. The quantitative estimate of drug-likeness (QED) is 0.845. The number of amides is 1. The van der Waals surface area contributed by atoms with Crippen molar-refractivity contribution in [1.29, 1.82) is 0 Å². The molecular weight excluding hydrogens is 240 g/mol. The minimum Gasteiger partial charge on any atom is -0.395 e. The zero-order chi connectivity index (χ0) is 13.5. The molecule has 1 aromatic rings. The van der Waals surface area contributed by atoms with Crippen molar-refractivity contribution in [2.24, 2.45) is 0 Å². The van der Waals surface area contributed by atoms with E-state index in [0.717, 1.165) is 10.5 Å². The highest BCUT2D eigenvalue weighted by Gasteiger charge is 2.23. The zero-order valence-electron chi connectivity index (χ0n) is 10.2. The molecule has 0 bridgehead atoms. The van der Waals surface area contributed by atoms with E-state index in [1.165, 1.54) is 0 Å². The number of alkyl halides is 2. The van der Waals surface area contributed by atoms with Crippen molar-refractivity contribution in [2.75, 3.05) is 19.7 Å². The Morgan fingerprint density at radius 2 is 1.94 bits per heavy atom. The Labute approximate surface area is 105 Å². The number of hydrogen-bond acceptors (Lipinski definition) is 2. The number of aliphatic hydroxyl groups is 1. The number of rotatable bonds is 6. The van der Waals surface area contributed by atoms with Crippen LogP contribution in [0.4, 0.5) is 8.78 Å². The van der Waals surface area contributed by atoms with Crippen LogP contribution in [0.3, 0.4) is 0 Å². The van der Waals surface area contributed by atoms with Gasteiger partial charge in [-0.3, -0.25) is 4.79 Å². The molecule has 0 heterocycles. The third-order valence-electron chi connectivity index (χ3n) is 2.71. The normalized spacial score (nSPS) is 12.5. The third-order valence-corrected chi connectivity index (χ3v) is 2.71. The van der Waals surface area contributed by atoms with E-state index in [9.17, 15) is 13.6 Å². The summed E-state index contributed by atoms with van der Waals surface area (Å²) in [5.74, 6) is -0.882. The van der Waals surface area contributed by atoms with Crippen LogP contribution in [-0.4, -0.2) is 42.0 Å². The zero-order valence-corrected chi connectivity index (χ0v) is 10.2. The highest BCUT2D eigenvalue weighted by atomic mass is 19.3. The Hall–Kier alpha value is -1.49. The fourth-order valence-electron chi connectivity index (χ4n) is 1.74. The molecule has 5 heteroatoms. The first kappa shape index (κ1) is 14.6. The fraction of sp³-hybridized carbons (Fsp3) is 0.462. The predicted octanol–water partition coefficient (Wildman–Crippen LogP) is 1.88. The van der Waals surface area contributed by atoms with Crippen molar-refractivity contribution in [2.45, 2.75) is 19.3 Å². The number of carbonyl (C=O) groups is 1. The predicted molar refractivity (Wildman–Crippen MR) is 64.5 cm³/mol. The van der Waals surface area contributed by atoms with Crippen LogP contribution in [0.5, 0.6) is 0 Å². The lowest BCUT2D eigenvalue weighted by atomic mass is 10.00. The van der Waals surface area contributed by atoms with Crippen LogP contribution in [-0.2, 0) is 4.79 Å². The maximum Gasteiger partial charge on any atom is 0.255 e. The number of hydrogen-bond donors (Lipinski definition) is 1. The first-order valence-corrected chi connectivity index (χ1v) is 5.79. The number of nitrogens with zero attached hydrogens (tertiary/aromatic N) is 1. The molecule has 18 heavy (non-hydrogen) atoms. The molecule has 1 amide bonds. The Morgan fingerprint density at radius 1 is 1.33 bits per heavy atom. The average molecular weight is 257 g/mol. The third kappa shape index (κ3) is 4.07. The van der Waals surface area contributed by atoms with Gasteiger partial charge in [-0.25, -0.2) is 8.78 Å². The van der Waals surface area contributed by atoms with E-state index in [1.807, 2.05) is 6.07 Å². The fourth-order valence-corrected chi connectivity index (χ4v) is 1.74. The number of benzene rings is 1. The second-order valence-electron chi connectivity index (χ2n) is 4.03. The lowest BCUT2D eigenvalue weighted by molar-refractivity contribution is -0.135. The van der Waals surface area contributed by atoms with Gasteiger partial charge in [0.1, 0.15) is 0 Å². The number of halogens is 2. The summed E-state index contributed by atoms with van der Waals surface area (Å²) in [6.07, 6.45) is -2.59. The topological polar surface area (TPSA) is 40.5 Å². The summed E-state index contributed by atoms with van der Waals surface area (Å²) in [4.78, 5) is 13.1. The van der Waals surface area contributed by atoms with Crippen LogP contribution in [0.25, 0.3) is 0 Å². The molecule has 1 aromatic carbocycles. The first-order valence-electron chi connectivity index (χ1n) is 5.79. The molecule has 0 aromatic heterocycles. The molecule has 1 rings (SSSR count). The van der Waals surface area contributed by atoms with E-state index in [2.05, 4.69) is 0 Å². The van der Waals surface area contributed by atoms with Gasteiger partial charge < -0.3 is 10.0 Å². The summed E-state index contributed by atoms with van der Waals surface area (Å²) in [6, 6.07) is 8.97.